The second-order valence-corrected chi connectivity index (χ2v) is 8.66. The van der Waals surface area contributed by atoms with Gasteiger partial charge in [-0.1, -0.05) is 47.7 Å². The predicted octanol–water partition coefficient (Wildman–Crippen LogP) is 4.45. The van der Waals surface area contributed by atoms with E-state index in [1.54, 1.807) is 47.4 Å². The fourth-order valence-electron chi connectivity index (χ4n) is 3.62. The average Bonchev–Trinajstić information content (AvgIpc) is 3.66. The van der Waals surface area contributed by atoms with E-state index < -0.39 is 0 Å². The normalized spacial score (nSPS) is 12.3. The van der Waals surface area contributed by atoms with Gasteiger partial charge in [-0.05, 0) is 54.1 Å². The van der Waals surface area contributed by atoms with Crippen molar-refractivity contribution in [1.82, 2.24) is 24.4 Å². The highest BCUT2D eigenvalue weighted by Crippen LogP contribution is 2.25. The molecule has 0 aliphatic rings. The summed E-state index contributed by atoms with van der Waals surface area (Å²) in [4.78, 5) is 18.0. The number of hydrogen-bond acceptors (Lipinski definition) is 6. The molecule has 0 N–H and O–H groups in total. The van der Waals surface area contributed by atoms with Crippen LogP contribution in [0.15, 0.2) is 88.4 Å². The Kier molecular flexibility index (Phi) is 5.16. The number of hydrogen-bond donors (Lipinski definition) is 0. The molecule has 9 heteroatoms. The molecule has 0 amide bonds. The van der Waals surface area contributed by atoms with Crippen molar-refractivity contribution >= 4 is 34.5 Å². The van der Waals surface area contributed by atoms with Crippen LogP contribution in [0, 0.1) is 5.82 Å². The lowest BCUT2D eigenvalue weighted by molar-refractivity contribution is 0.579. The molecule has 0 saturated heterocycles. The molecule has 0 unspecified atom stereocenters. The molecule has 0 radical (unpaired) electrons. The highest BCUT2D eigenvalue weighted by molar-refractivity contribution is 7.15. The van der Waals surface area contributed by atoms with Crippen LogP contribution < -0.4 is 10.1 Å². The van der Waals surface area contributed by atoms with Crippen LogP contribution in [-0.4, -0.2) is 24.4 Å². The molecule has 0 aliphatic carbocycles. The van der Waals surface area contributed by atoms with Gasteiger partial charge in [-0.2, -0.15) is 14.6 Å². The van der Waals surface area contributed by atoms with E-state index in [2.05, 4.69) is 15.2 Å². The van der Waals surface area contributed by atoms with Crippen molar-refractivity contribution in [3.63, 3.8) is 0 Å². The molecule has 4 heterocycles. The maximum absolute atomic E-state index is 13.1. The van der Waals surface area contributed by atoms with Crippen molar-refractivity contribution in [2.45, 2.75) is 0 Å². The van der Waals surface area contributed by atoms with Gasteiger partial charge >= 0.3 is 0 Å². The summed E-state index contributed by atoms with van der Waals surface area (Å²) in [5.74, 6) is 0.704. The summed E-state index contributed by atoms with van der Waals surface area (Å²) in [6.07, 6.45) is 8.68. The van der Waals surface area contributed by atoms with Crippen LogP contribution in [0.3, 0.4) is 0 Å². The molecule has 170 valence electrons. The lowest BCUT2D eigenvalue weighted by Gasteiger charge is -1.98. The van der Waals surface area contributed by atoms with Gasteiger partial charge in [0, 0.05) is 11.8 Å². The predicted molar refractivity (Wildman–Crippen MR) is 133 cm³/mol. The van der Waals surface area contributed by atoms with E-state index in [4.69, 9.17) is 4.42 Å². The maximum Gasteiger partial charge on any atom is 0.291 e. The average molecular weight is 482 g/mol. The first kappa shape index (κ1) is 20.9. The van der Waals surface area contributed by atoms with Gasteiger partial charge in [0.15, 0.2) is 11.6 Å². The number of halogens is 1. The minimum Gasteiger partial charge on any atom is -0.463 e. The Hall–Kier alpha value is -4.63. The maximum atomic E-state index is 13.1. The van der Waals surface area contributed by atoms with Crippen molar-refractivity contribution in [3.8, 4) is 17.1 Å². The topological polar surface area (TPSA) is 78.2 Å². The molecular weight excluding hydrogens is 465 g/mol. The zero-order valence-corrected chi connectivity index (χ0v) is 18.9. The fraction of sp³-hybridized carbons (Fsp3) is 0. The van der Waals surface area contributed by atoms with Crippen molar-refractivity contribution < 1.29 is 8.81 Å². The summed E-state index contributed by atoms with van der Waals surface area (Å²) in [6, 6.07) is 19.4. The minimum absolute atomic E-state index is 0.267. The number of fused-ring (bicyclic) bond motifs is 1. The van der Waals surface area contributed by atoms with E-state index in [0.29, 0.717) is 26.8 Å². The lowest BCUT2D eigenvalue weighted by atomic mass is 10.2. The first-order chi connectivity index (χ1) is 17.1. The van der Waals surface area contributed by atoms with Crippen LogP contribution in [0.25, 0.3) is 40.3 Å². The molecule has 2 aromatic carbocycles. The summed E-state index contributed by atoms with van der Waals surface area (Å²) in [6.45, 7) is 0. The van der Waals surface area contributed by atoms with E-state index in [1.165, 1.54) is 28.0 Å². The zero-order chi connectivity index (χ0) is 23.8. The molecule has 6 aromatic rings. The number of thiazole rings is 1. The largest absolute Gasteiger partial charge is 0.463 e. The third-order valence-electron chi connectivity index (χ3n) is 5.30. The van der Waals surface area contributed by atoms with Crippen LogP contribution in [0.2, 0.25) is 0 Å². The zero-order valence-electron chi connectivity index (χ0n) is 18.1. The third-order valence-corrected chi connectivity index (χ3v) is 6.26. The van der Waals surface area contributed by atoms with E-state index in [9.17, 15) is 9.18 Å². The van der Waals surface area contributed by atoms with Gasteiger partial charge in [-0.15, -0.1) is 5.10 Å². The molecule has 0 atom stereocenters. The van der Waals surface area contributed by atoms with Gasteiger partial charge in [0.05, 0.1) is 16.5 Å². The first-order valence-electron chi connectivity index (χ1n) is 10.7. The summed E-state index contributed by atoms with van der Waals surface area (Å²) in [7, 11) is 0. The molecule has 0 spiro atoms. The Labute approximate surface area is 201 Å². The smallest absolute Gasteiger partial charge is 0.291 e. The Bertz CT molecular complexity index is 1770. The molecule has 0 bridgehead atoms. The SMILES string of the molecule is O=c1c(=Cc2cn(-c3ccccc3)nc2-c2ccco2)sc2nc(C=Cc3ccc(F)cc3)nn12. The fourth-order valence-corrected chi connectivity index (χ4v) is 4.52. The van der Waals surface area contributed by atoms with Gasteiger partial charge in [0.25, 0.3) is 5.56 Å². The van der Waals surface area contributed by atoms with Crippen molar-refractivity contribution in [1.29, 1.82) is 0 Å². The number of para-hydroxylation sites is 1. The standard InChI is InChI=1S/C26H16FN5O2S/c27-19-11-8-17(9-12-19)10-13-23-28-26-32(29-23)25(33)22(35-26)15-18-16-31(20-5-2-1-3-6-20)30-24(18)21-7-4-14-34-21/h1-16H. The number of aromatic nitrogens is 5. The van der Waals surface area contributed by atoms with Crippen molar-refractivity contribution in [2.75, 3.05) is 0 Å². The Morgan fingerprint density at radius 1 is 0.943 bits per heavy atom. The van der Waals surface area contributed by atoms with E-state index in [-0.39, 0.29) is 11.4 Å². The van der Waals surface area contributed by atoms with Gasteiger partial charge in [-0.25, -0.2) is 9.07 Å². The van der Waals surface area contributed by atoms with Crippen molar-refractivity contribution in [2.24, 2.45) is 0 Å². The van der Waals surface area contributed by atoms with Crippen LogP contribution >= 0.6 is 11.3 Å². The van der Waals surface area contributed by atoms with Crippen LogP contribution in [0.1, 0.15) is 17.0 Å². The molecule has 4 aromatic heterocycles. The van der Waals surface area contributed by atoms with Gasteiger partial charge in [0.2, 0.25) is 4.96 Å². The highest BCUT2D eigenvalue weighted by Gasteiger charge is 2.15. The summed E-state index contributed by atoms with van der Waals surface area (Å²) in [5, 5.41) is 9.00. The van der Waals surface area contributed by atoms with E-state index in [0.717, 1.165) is 16.8 Å². The number of nitrogens with zero attached hydrogens (tertiary/aromatic N) is 5. The molecule has 35 heavy (non-hydrogen) atoms. The van der Waals surface area contributed by atoms with Gasteiger partial charge < -0.3 is 4.42 Å². The van der Waals surface area contributed by atoms with E-state index in [1.807, 2.05) is 42.6 Å². The number of rotatable bonds is 5. The van der Waals surface area contributed by atoms with Gasteiger partial charge in [0.1, 0.15) is 11.5 Å². The monoisotopic (exact) mass is 481 g/mol. The number of furan rings is 1. The quantitative estimate of drug-likeness (QED) is 0.364. The molecule has 0 aliphatic heterocycles. The van der Waals surface area contributed by atoms with Crippen molar-refractivity contribution in [3.05, 3.63) is 117 Å². The minimum atomic E-state index is -0.299. The molecule has 7 nitrogen and oxygen atoms in total. The lowest BCUT2D eigenvalue weighted by Crippen LogP contribution is -2.23. The molecular formula is C26H16FN5O2S. The number of benzene rings is 2. The third kappa shape index (κ3) is 4.09. The first-order valence-corrected chi connectivity index (χ1v) is 11.5. The Balaban J connectivity index is 1.39. The molecule has 0 saturated carbocycles. The van der Waals surface area contributed by atoms with E-state index >= 15 is 0 Å². The Morgan fingerprint density at radius 2 is 1.77 bits per heavy atom. The summed E-state index contributed by atoms with van der Waals surface area (Å²) >= 11 is 1.24. The van der Waals surface area contributed by atoms with Crippen LogP contribution in [-0.2, 0) is 0 Å². The van der Waals surface area contributed by atoms with Crippen LogP contribution in [0.5, 0.6) is 0 Å². The Morgan fingerprint density at radius 3 is 2.51 bits per heavy atom. The van der Waals surface area contributed by atoms with Gasteiger partial charge in [-0.3, -0.25) is 4.79 Å². The summed E-state index contributed by atoms with van der Waals surface area (Å²) in [5.41, 5.74) is 2.79. The molecule has 6 rings (SSSR count). The second-order valence-electron chi connectivity index (χ2n) is 7.66. The van der Waals surface area contributed by atoms with Crippen LogP contribution in [0.4, 0.5) is 4.39 Å². The summed E-state index contributed by atoms with van der Waals surface area (Å²) < 4.78 is 22.2. The highest BCUT2D eigenvalue weighted by atomic mass is 32.1. The molecule has 0 fully saturated rings. The second kappa shape index (κ2) is 8.62.